The topological polar surface area (TPSA) is 29.5 Å². The summed E-state index contributed by atoms with van der Waals surface area (Å²) in [7, 11) is 2.17. The number of rotatable bonds is 4. The SMILES string of the molecule is CC(=O)O[C@H](C[C@H]1CCCCN1C)c1ccccc1. The summed E-state index contributed by atoms with van der Waals surface area (Å²) in [5.41, 5.74) is 1.09. The monoisotopic (exact) mass is 261 g/mol. The fourth-order valence-electron chi connectivity index (χ4n) is 2.81. The van der Waals surface area contributed by atoms with Crippen LogP contribution in [0.3, 0.4) is 0 Å². The third kappa shape index (κ3) is 4.06. The molecule has 0 spiro atoms. The van der Waals surface area contributed by atoms with E-state index >= 15 is 0 Å². The van der Waals surface area contributed by atoms with Crippen LogP contribution in [0.1, 0.15) is 44.3 Å². The van der Waals surface area contributed by atoms with Gasteiger partial charge in [0.05, 0.1) is 0 Å². The smallest absolute Gasteiger partial charge is 0.303 e. The zero-order valence-corrected chi connectivity index (χ0v) is 11.8. The van der Waals surface area contributed by atoms with Crippen molar-refractivity contribution in [2.24, 2.45) is 0 Å². The minimum Gasteiger partial charge on any atom is -0.458 e. The Morgan fingerprint density at radius 1 is 1.37 bits per heavy atom. The molecule has 3 heteroatoms. The Balaban J connectivity index is 2.07. The Morgan fingerprint density at radius 3 is 2.74 bits per heavy atom. The van der Waals surface area contributed by atoms with Gasteiger partial charge in [0.15, 0.2) is 0 Å². The highest BCUT2D eigenvalue weighted by Gasteiger charge is 2.25. The van der Waals surface area contributed by atoms with Gasteiger partial charge in [0, 0.05) is 19.4 Å². The molecule has 0 aromatic heterocycles. The highest BCUT2D eigenvalue weighted by Crippen LogP contribution is 2.28. The molecule has 0 bridgehead atoms. The quantitative estimate of drug-likeness (QED) is 0.780. The Bertz CT molecular complexity index is 404. The summed E-state index contributed by atoms with van der Waals surface area (Å²) in [6.07, 6.45) is 4.51. The molecule has 3 nitrogen and oxygen atoms in total. The number of carbonyl (C=O) groups is 1. The van der Waals surface area contributed by atoms with E-state index < -0.39 is 0 Å². The molecule has 1 heterocycles. The van der Waals surface area contributed by atoms with Crippen LogP contribution in [0.25, 0.3) is 0 Å². The van der Waals surface area contributed by atoms with Crippen LogP contribution in [-0.2, 0) is 9.53 Å². The van der Waals surface area contributed by atoms with Gasteiger partial charge in [-0.1, -0.05) is 36.8 Å². The lowest BCUT2D eigenvalue weighted by atomic mass is 9.94. The molecule has 0 saturated carbocycles. The van der Waals surface area contributed by atoms with E-state index in [1.54, 1.807) is 0 Å². The number of piperidine rings is 1. The highest BCUT2D eigenvalue weighted by molar-refractivity contribution is 5.66. The van der Waals surface area contributed by atoms with Crippen molar-refractivity contribution in [3.05, 3.63) is 35.9 Å². The minimum absolute atomic E-state index is 0.121. The Kier molecular flexibility index (Phi) is 4.97. The van der Waals surface area contributed by atoms with Gasteiger partial charge >= 0.3 is 5.97 Å². The average Bonchev–Trinajstić information content (AvgIpc) is 2.41. The molecule has 1 aliphatic heterocycles. The standard InChI is InChI=1S/C16H23NO2/c1-13(18)19-16(14-8-4-3-5-9-14)12-15-10-6-7-11-17(15)2/h3-5,8-9,15-16H,6-7,10-12H2,1-2H3/t15-,16-/m1/s1. The molecule has 0 unspecified atom stereocenters. The zero-order valence-electron chi connectivity index (χ0n) is 11.8. The third-order valence-corrected chi connectivity index (χ3v) is 3.89. The summed E-state index contributed by atoms with van der Waals surface area (Å²) in [6.45, 7) is 2.63. The molecular weight excluding hydrogens is 238 g/mol. The van der Waals surface area contributed by atoms with E-state index in [0.717, 1.165) is 18.5 Å². The van der Waals surface area contributed by atoms with Crippen molar-refractivity contribution in [3.63, 3.8) is 0 Å². The van der Waals surface area contributed by atoms with Crippen molar-refractivity contribution in [1.82, 2.24) is 4.90 Å². The summed E-state index contributed by atoms with van der Waals surface area (Å²) >= 11 is 0. The number of esters is 1. The van der Waals surface area contributed by atoms with Crippen molar-refractivity contribution < 1.29 is 9.53 Å². The van der Waals surface area contributed by atoms with Gasteiger partial charge in [-0.2, -0.15) is 0 Å². The fourth-order valence-corrected chi connectivity index (χ4v) is 2.81. The van der Waals surface area contributed by atoms with E-state index in [4.69, 9.17) is 4.74 Å². The number of likely N-dealkylation sites (tertiary alicyclic amines) is 1. The third-order valence-electron chi connectivity index (χ3n) is 3.89. The number of benzene rings is 1. The van der Waals surface area contributed by atoms with Crippen molar-refractivity contribution in [3.8, 4) is 0 Å². The molecule has 1 fully saturated rings. The minimum atomic E-state index is -0.202. The van der Waals surface area contributed by atoms with E-state index in [9.17, 15) is 4.79 Å². The first-order valence-corrected chi connectivity index (χ1v) is 7.09. The van der Waals surface area contributed by atoms with Gasteiger partial charge < -0.3 is 9.64 Å². The van der Waals surface area contributed by atoms with Crippen LogP contribution in [0.2, 0.25) is 0 Å². The number of hydrogen-bond donors (Lipinski definition) is 0. The maximum atomic E-state index is 11.3. The number of ether oxygens (including phenoxy) is 1. The van der Waals surface area contributed by atoms with Crippen LogP contribution in [0.15, 0.2) is 30.3 Å². The summed E-state index contributed by atoms with van der Waals surface area (Å²) in [4.78, 5) is 13.7. The first kappa shape index (κ1) is 14.1. The number of hydrogen-bond acceptors (Lipinski definition) is 3. The molecule has 1 aromatic carbocycles. The van der Waals surface area contributed by atoms with Crippen LogP contribution in [0.5, 0.6) is 0 Å². The van der Waals surface area contributed by atoms with Crippen molar-refractivity contribution >= 4 is 5.97 Å². The van der Waals surface area contributed by atoms with Gasteiger partial charge in [-0.05, 0) is 32.0 Å². The van der Waals surface area contributed by atoms with Crippen LogP contribution >= 0.6 is 0 Å². The molecular formula is C16H23NO2. The molecule has 0 aliphatic carbocycles. The molecule has 104 valence electrons. The fraction of sp³-hybridized carbons (Fsp3) is 0.562. The second-order valence-corrected chi connectivity index (χ2v) is 5.37. The largest absolute Gasteiger partial charge is 0.458 e. The van der Waals surface area contributed by atoms with E-state index in [1.165, 1.54) is 26.2 Å². The van der Waals surface area contributed by atoms with Gasteiger partial charge in [-0.15, -0.1) is 0 Å². The first-order valence-electron chi connectivity index (χ1n) is 7.09. The van der Waals surface area contributed by atoms with Crippen LogP contribution in [0, 0.1) is 0 Å². The van der Waals surface area contributed by atoms with Crippen LogP contribution in [0.4, 0.5) is 0 Å². The Labute approximate surface area is 115 Å². The average molecular weight is 261 g/mol. The number of carbonyl (C=O) groups excluding carboxylic acids is 1. The molecule has 0 N–H and O–H groups in total. The van der Waals surface area contributed by atoms with E-state index in [0.29, 0.717) is 6.04 Å². The molecule has 19 heavy (non-hydrogen) atoms. The van der Waals surface area contributed by atoms with Gasteiger partial charge in [0.25, 0.3) is 0 Å². The predicted octanol–water partition coefficient (Wildman–Crippen LogP) is 3.17. The van der Waals surface area contributed by atoms with E-state index in [-0.39, 0.29) is 12.1 Å². The normalized spacial score (nSPS) is 21.9. The van der Waals surface area contributed by atoms with Gasteiger partial charge in [-0.25, -0.2) is 0 Å². The first-order chi connectivity index (χ1) is 9.16. The molecule has 2 rings (SSSR count). The second-order valence-electron chi connectivity index (χ2n) is 5.37. The lowest BCUT2D eigenvalue weighted by molar-refractivity contribution is -0.147. The van der Waals surface area contributed by atoms with Crippen molar-refractivity contribution in [2.75, 3.05) is 13.6 Å². The predicted molar refractivity (Wildman–Crippen MR) is 75.8 cm³/mol. The zero-order chi connectivity index (χ0) is 13.7. The summed E-state index contributed by atoms with van der Waals surface area (Å²) < 4.78 is 5.52. The van der Waals surface area contributed by atoms with Gasteiger partial charge in [0.1, 0.15) is 6.10 Å². The molecule has 0 amide bonds. The maximum absolute atomic E-state index is 11.3. The van der Waals surface area contributed by atoms with E-state index in [2.05, 4.69) is 11.9 Å². The van der Waals surface area contributed by atoms with Crippen molar-refractivity contribution in [1.29, 1.82) is 0 Å². The molecule has 1 aromatic rings. The maximum Gasteiger partial charge on any atom is 0.303 e. The molecule has 0 radical (unpaired) electrons. The van der Waals surface area contributed by atoms with E-state index in [1.807, 2.05) is 30.3 Å². The lowest BCUT2D eigenvalue weighted by Crippen LogP contribution is -2.37. The molecule has 2 atom stereocenters. The summed E-state index contributed by atoms with van der Waals surface area (Å²) in [6, 6.07) is 10.6. The lowest BCUT2D eigenvalue weighted by Gasteiger charge is -2.34. The Morgan fingerprint density at radius 2 is 2.11 bits per heavy atom. The Hall–Kier alpha value is -1.35. The van der Waals surface area contributed by atoms with Gasteiger partial charge in [-0.3, -0.25) is 4.79 Å². The number of nitrogens with zero attached hydrogens (tertiary/aromatic N) is 1. The van der Waals surface area contributed by atoms with Crippen molar-refractivity contribution in [2.45, 2.75) is 44.8 Å². The second kappa shape index (κ2) is 6.71. The summed E-state index contributed by atoms with van der Waals surface area (Å²) in [5.74, 6) is -0.202. The molecule has 1 aliphatic rings. The highest BCUT2D eigenvalue weighted by atomic mass is 16.5. The summed E-state index contributed by atoms with van der Waals surface area (Å²) in [5, 5.41) is 0. The van der Waals surface area contributed by atoms with Gasteiger partial charge in [0.2, 0.25) is 0 Å². The van der Waals surface area contributed by atoms with Crippen LogP contribution < -0.4 is 0 Å². The molecule has 1 saturated heterocycles. The van der Waals surface area contributed by atoms with Crippen LogP contribution in [-0.4, -0.2) is 30.5 Å².